The predicted molar refractivity (Wildman–Crippen MR) is 81.3 cm³/mol. The highest BCUT2D eigenvalue weighted by molar-refractivity contribution is 6.11. The number of hydrogen-bond donors (Lipinski definition) is 3. The number of benzene rings is 3. The van der Waals surface area contributed by atoms with Gasteiger partial charge in [-0.1, -0.05) is 48.5 Å². The van der Waals surface area contributed by atoms with Crippen LogP contribution in [0.3, 0.4) is 0 Å². The van der Waals surface area contributed by atoms with Gasteiger partial charge in [-0.25, -0.2) is 0 Å². The van der Waals surface area contributed by atoms with Gasteiger partial charge in [0, 0.05) is 5.56 Å². The van der Waals surface area contributed by atoms with Crippen molar-refractivity contribution in [2.24, 2.45) is 0 Å². The van der Waals surface area contributed by atoms with Crippen molar-refractivity contribution in [3.05, 3.63) is 54.6 Å². The van der Waals surface area contributed by atoms with E-state index in [1.54, 1.807) is 0 Å². The molecular weight excluding hydrogens is 264 g/mol. The molecule has 0 radical (unpaired) electrons. The Morgan fingerprint density at radius 1 is 0.571 bits per heavy atom. The van der Waals surface area contributed by atoms with Crippen LogP contribution in [0.15, 0.2) is 54.6 Å². The molecule has 4 rings (SSSR count). The highest BCUT2D eigenvalue weighted by Crippen LogP contribution is 2.59. The third-order valence-corrected chi connectivity index (χ3v) is 3.94. The van der Waals surface area contributed by atoms with Gasteiger partial charge in [0.2, 0.25) is 5.75 Å². The summed E-state index contributed by atoms with van der Waals surface area (Å²) in [7, 11) is 0. The maximum Gasteiger partial charge on any atom is 0.200 e. The lowest BCUT2D eigenvalue weighted by Gasteiger charge is -2.28. The van der Waals surface area contributed by atoms with E-state index in [1.807, 2.05) is 48.5 Å². The highest BCUT2D eigenvalue weighted by Gasteiger charge is 2.31. The number of fused-ring (bicyclic) bond motifs is 4. The standard InChI is InChI=1S/C18H12O3/c19-14-9-13-15-11(10-5-2-1-3-6-10)7-4-8-12(15)16(13)18(21)17(14)20/h1-9,19-21H. The second-order valence-electron chi connectivity index (χ2n) is 5.11. The van der Waals surface area contributed by atoms with Crippen molar-refractivity contribution in [1.29, 1.82) is 0 Å². The van der Waals surface area contributed by atoms with E-state index in [-0.39, 0.29) is 11.5 Å². The Balaban J connectivity index is 1.99. The van der Waals surface area contributed by atoms with Crippen molar-refractivity contribution in [3.8, 4) is 50.6 Å². The molecule has 0 fully saturated rings. The lowest BCUT2D eigenvalue weighted by molar-refractivity contribution is 0.369. The Hall–Kier alpha value is -2.94. The van der Waals surface area contributed by atoms with Crippen molar-refractivity contribution in [1.82, 2.24) is 0 Å². The van der Waals surface area contributed by atoms with E-state index in [0.29, 0.717) is 5.56 Å². The second-order valence-corrected chi connectivity index (χ2v) is 5.11. The van der Waals surface area contributed by atoms with Crippen LogP contribution in [-0.4, -0.2) is 15.3 Å². The first kappa shape index (κ1) is 11.9. The molecule has 1 aliphatic rings. The predicted octanol–water partition coefficient (Wildman–Crippen LogP) is 4.12. The van der Waals surface area contributed by atoms with Crippen molar-refractivity contribution < 1.29 is 15.3 Å². The van der Waals surface area contributed by atoms with Crippen molar-refractivity contribution in [3.63, 3.8) is 0 Å². The normalized spacial score (nSPS) is 11.4. The summed E-state index contributed by atoms with van der Waals surface area (Å²) >= 11 is 0. The molecule has 0 saturated heterocycles. The fraction of sp³-hybridized carbons (Fsp3) is 0. The maximum atomic E-state index is 10.0. The number of phenols is 3. The van der Waals surface area contributed by atoms with Crippen molar-refractivity contribution in [2.75, 3.05) is 0 Å². The van der Waals surface area contributed by atoms with Gasteiger partial charge in [0.1, 0.15) is 0 Å². The molecule has 0 aliphatic heterocycles. The minimum absolute atomic E-state index is 0.261. The van der Waals surface area contributed by atoms with Gasteiger partial charge < -0.3 is 15.3 Å². The minimum Gasteiger partial charge on any atom is -0.504 e. The van der Waals surface area contributed by atoms with Crippen LogP contribution >= 0.6 is 0 Å². The summed E-state index contributed by atoms with van der Waals surface area (Å²) in [6.45, 7) is 0. The minimum atomic E-state index is -0.468. The molecule has 21 heavy (non-hydrogen) atoms. The SMILES string of the molecule is Oc1cc2c(c(O)c1O)-c1cccc(-c3ccccc3)c1-2. The Bertz CT molecular complexity index is 867. The molecule has 0 aromatic heterocycles. The molecule has 3 N–H and O–H groups in total. The van der Waals surface area contributed by atoms with Gasteiger partial charge in [0.25, 0.3) is 0 Å². The summed E-state index contributed by atoms with van der Waals surface area (Å²) in [6, 6.07) is 17.3. The van der Waals surface area contributed by atoms with Crippen LogP contribution in [0.1, 0.15) is 0 Å². The van der Waals surface area contributed by atoms with Crippen LogP contribution in [0, 0.1) is 0 Å². The summed E-state index contributed by atoms with van der Waals surface area (Å²) in [5, 5.41) is 29.4. The van der Waals surface area contributed by atoms with Gasteiger partial charge in [-0.15, -0.1) is 0 Å². The van der Waals surface area contributed by atoms with Crippen LogP contribution < -0.4 is 0 Å². The molecule has 0 atom stereocenters. The number of rotatable bonds is 1. The lowest BCUT2D eigenvalue weighted by Crippen LogP contribution is -2.01. The smallest absolute Gasteiger partial charge is 0.200 e. The van der Waals surface area contributed by atoms with Crippen molar-refractivity contribution in [2.45, 2.75) is 0 Å². The summed E-state index contributed by atoms with van der Waals surface area (Å²) in [4.78, 5) is 0. The molecule has 3 aromatic carbocycles. The Morgan fingerprint density at radius 3 is 2.05 bits per heavy atom. The van der Waals surface area contributed by atoms with Gasteiger partial charge in [0.15, 0.2) is 11.5 Å². The van der Waals surface area contributed by atoms with Crippen LogP contribution in [0.5, 0.6) is 17.2 Å². The van der Waals surface area contributed by atoms with Crippen LogP contribution in [-0.2, 0) is 0 Å². The van der Waals surface area contributed by atoms with E-state index in [0.717, 1.165) is 27.8 Å². The maximum absolute atomic E-state index is 10.0. The summed E-state index contributed by atoms with van der Waals surface area (Å²) in [6.07, 6.45) is 0. The molecule has 3 heteroatoms. The first-order chi connectivity index (χ1) is 10.2. The van der Waals surface area contributed by atoms with E-state index in [1.165, 1.54) is 6.07 Å². The quantitative estimate of drug-likeness (QED) is 0.458. The molecule has 0 amide bonds. The molecule has 0 heterocycles. The molecular formula is C18H12O3. The number of aromatic hydroxyl groups is 3. The van der Waals surface area contributed by atoms with E-state index < -0.39 is 5.75 Å². The first-order valence-electron chi connectivity index (χ1n) is 6.65. The van der Waals surface area contributed by atoms with Crippen LogP contribution in [0.25, 0.3) is 33.4 Å². The zero-order valence-electron chi connectivity index (χ0n) is 11.0. The second kappa shape index (κ2) is 4.03. The van der Waals surface area contributed by atoms with Gasteiger partial charge in [-0.05, 0) is 33.9 Å². The Kier molecular flexibility index (Phi) is 2.27. The van der Waals surface area contributed by atoms with Gasteiger partial charge >= 0.3 is 0 Å². The number of hydrogen-bond acceptors (Lipinski definition) is 3. The van der Waals surface area contributed by atoms with Crippen LogP contribution in [0.4, 0.5) is 0 Å². The molecule has 1 aliphatic carbocycles. The Labute approximate surface area is 121 Å². The van der Waals surface area contributed by atoms with Gasteiger partial charge in [-0.2, -0.15) is 0 Å². The van der Waals surface area contributed by atoms with Crippen LogP contribution in [0.2, 0.25) is 0 Å². The van der Waals surface area contributed by atoms with Gasteiger partial charge in [-0.3, -0.25) is 0 Å². The largest absolute Gasteiger partial charge is 0.504 e. The van der Waals surface area contributed by atoms with E-state index in [9.17, 15) is 15.3 Å². The highest BCUT2D eigenvalue weighted by atomic mass is 16.3. The topological polar surface area (TPSA) is 60.7 Å². The lowest BCUT2D eigenvalue weighted by atomic mass is 9.76. The average molecular weight is 276 g/mol. The average Bonchev–Trinajstić information content (AvgIpc) is 2.51. The monoisotopic (exact) mass is 276 g/mol. The molecule has 102 valence electrons. The number of phenolic OH excluding ortho intramolecular Hbond substituents is 3. The first-order valence-corrected chi connectivity index (χ1v) is 6.65. The zero-order valence-corrected chi connectivity index (χ0v) is 11.0. The van der Waals surface area contributed by atoms with Gasteiger partial charge in [0.05, 0.1) is 0 Å². The molecule has 3 nitrogen and oxygen atoms in total. The third kappa shape index (κ3) is 1.48. The van der Waals surface area contributed by atoms with E-state index in [2.05, 4.69) is 0 Å². The molecule has 3 aromatic rings. The summed E-state index contributed by atoms with van der Waals surface area (Å²) < 4.78 is 0. The molecule has 0 unspecified atom stereocenters. The summed E-state index contributed by atoms with van der Waals surface area (Å²) in [5.74, 6) is -1.04. The zero-order chi connectivity index (χ0) is 14.6. The fourth-order valence-corrected chi connectivity index (χ4v) is 2.96. The Morgan fingerprint density at radius 2 is 1.29 bits per heavy atom. The molecule has 0 spiro atoms. The summed E-state index contributed by atoms with van der Waals surface area (Å²) in [5.41, 5.74) is 5.36. The molecule has 0 bridgehead atoms. The van der Waals surface area contributed by atoms with Crippen molar-refractivity contribution >= 4 is 0 Å². The van der Waals surface area contributed by atoms with E-state index >= 15 is 0 Å². The third-order valence-electron chi connectivity index (χ3n) is 3.94. The fourth-order valence-electron chi connectivity index (χ4n) is 2.96. The van der Waals surface area contributed by atoms with E-state index in [4.69, 9.17) is 0 Å². The molecule has 0 saturated carbocycles.